The van der Waals surface area contributed by atoms with Gasteiger partial charge in [-0.15, -0.1) is 0 Å². The Morgan fingerprint density at radius 2 is 2.29 bits per heavy atom. The number of benzene rings is 1. The van der Waals surface area contributed by atoms with Crippen LogP contribution in [0.1, 0.15) is 50.3 Å². The Hall–Kier alpha value is -1.02. The summed E-state index contributed by atoms with van der Waals surface area (Å²) in [4.78, 5) is 0. The Morgan fingerprint density at radius 3 is 3.00 bits per heavy atom. The van der Waals surface area contributed by atoms with E-state index in [0.29, 0.717) is 12.1 Å². The molecule has 0 saturated heterocycles. The molecule has 0 aromatic heterocycles. The van der Waals surface area contributed by atoms with Gasteiger partial charge in [0.2, 0.25) is 0 Å². The largest absolute Gasteiger partial charge is 0.491 e. The van der Waals surface area contributed by atoms with Crippen LogP contribution in [0, 0.1) is 0 Å². The van der Waals surface area contributed by atoms with E-state index in [1.807, 2.05) is 7.05 Å². The lowest BCUT2D eigenvalue weighted by atomic mass is 9.87. The van der Waals surface area contributed by atoms with E-state index in [9.17, 15) is 0 Å². The number of aryl methyl sites for hydroxylation is 1. The van der Waals surface area contributed by atoms with Crippen molar-refractivity contribution in [1.82, 2.24) is 5.32 Å². The lowest BCUT2D eigenvalue weighted by Gasteiger charge is -2.26. The summed E-state index contributed by atoms with van der Waals surface area (Å²) in [6, 6.07) is 7.09. The van der Waals surface area contributed by atoms with Crippen molar-refractivity contribution in [2.75, 3.05) is 7.05 Å². The first kappa shape index (κ1) is 12.4. The Kier molecular flexibility index (Phi) is 4.06. The molecule has 0 fully saturated rings. The maximum absolute atomic E-state index is 5.88. The summed E-state index contributed by atoms with van der Waals surface area (Å²) in [6.45, 7) is 4.27. The van der Waals surface area contributed by atoms with Gasteiger partial charge in [0.1, 0.15) is 5.75 Å². The number of hydrogen-bond donors (Lipinski definition) is 1. The van der Waals surface area contributed by atoms with Crippen molar-refractivity contribution in [2.45, 2.75) is 51.7 Å². The first-order valence-electron chi connectivity index (χ1n) is 6.71. The molecule has 2 unspecified atom stereocenters. The van der Waals surface area contributed by atoms with Crippen molar-refractivity contribution in [3.63, 3.8) is 0 Å². The Balaban J connectivity index is 2.19. The normalized spacial score (nSPS) is 20.8. The number of fused-ring (bicyclic) bond motifs is 1. The topological polar surface area (TPSA) is 21.3 Å². The molecule has 0 amide bonds. The Bertz CT molecular complexity index is 375. The van der Waals surface area contributed by atoms with Crippen molar-refractivity contribution in [2.24, 2.45) is 0 Å². The zero-order valence-electron chi connectivity index (χ0n) is 11.1. The lowest BCUT2D eigenvalue weighted by Crippen LogP contribution is -2.21. The molecule has 17 heavy (non-hydrogen) atoms. The van der Waals surface area contributed by atoms with Crippen molar-refractivity contribution in [3.8, 4) is 5.75 Å². The van der Waals surface area contributed by atoms with Crippen molar-refractivity contribution in [1.29, 1.82) is 0 Å². The molecule has 2 atom stereocenters. The minimum atomic E-state index is 0.303. The molecule has 2 nitrogen and oxygen atoms in total. The molecule has 0 spiro atoms. The third kappa shape index (κ3) is 2.81. The number of hydrogen-bond acceptors (Lipinski definition) is 2. The summed E-state index contributed by atoms with van der Waals surface area (Å²) >= 11 is 0. The molecule has 0 aliphatic heterocycles. The highest BCUT2D eigenvalue weighted by molar-refractivity contribution is 5.39. The van der Waals surface area contributed by atoms with E-state index in [2.05, 4.69) is 37.4 Å². The van der Waals surface area contributed by atoms with E-state index >= 15 is 0 Å². The van der Waals surface area contributed by atoms with Crippen LogP contribution < -0.4 is 10.1 Å². The van der Waals surface area contributed by atoms with E-state index in [1.54, 1.807) is 0 Å². The van der Waals surface area contributed by atoms with E-state index in [1.165, 1.54) is 30.4 Å². The fourth-order valence-electron chi connectivity index (χ4n) is 2.48. The fourth-order valence-corrected chi connectivity index (χ4v) is 2.48. The fraction of sp³-hybridized carbons (Fsp3) is 0.600. The Morgan fingerprint density at radius 1 is 1.47 bits per heavy atom. The van der Waals surface area contributed by atoms with E-state index < -0.39 is 0 Å². The molecule has 1 aromatic rings. The molecule has 1 aliphatic rings. The molecule has 94 valence electrons. The highest BCUT2D eigenvalue weighted by Gasteiger charge is 2.19. The van der Waals surface area contributed by atoms with E-state index in [-0.39, 0.29) is 0 Å². The molecule has 2 rings (SSSR count). The highest BCUT2D eigenvalue weighted by atomic mass is 16.5. The summed E-state index contributed by atoms with van der Waals surface area (Å²) in [5, 5.41) is 3.39. The molecular weight excluding hydrogens is 210 g/mol. The molecule has 0 saturated carbocycles. The van der Waals surface area contributed by atoms with Gasteiger partial charge in [-0.1, -0.05) is 13.0 Å². The minimum absolute atomic E-state index is 0.303. The Labute approximate surface area is 104 Å². The second-order valence-electron chi connectivity index (χ2n) is 4.93. The number of ether oxygens (including phenoxy) is 1. The van der Waals surface area contributed by atoms with Gasteiger partial charge in [0.05, 0.1) is 6.10 Å². The summed E-state index contributed by atoms with van der Waals surface area (Å²) < 4.78 is 5.88. The second-order valence-corrected chi connectivity index (χ2v) is 4.93. The SMILES string of the molecule is CCC(C)Oc1ccc2c(c1)CCCC2NC. The van der Waals surface area contributed by atoms with Crippen LogP contribution in [0.2, 0.25) is 0 Å². The predicted octanol–water partition coefficient (Wildman–Crippen LogP) is 3.46. The summed E-state index contributed by atoms with van der Waals surface area (Å²) in [6.07, 6.45) is 5.05. The van der Waals surface area contributed by atoms with Crippen LogP contribution in [0.15, 0.2) is 18.2 Å². The van der Waals surface area contributed by atoms with Gasteiger partial charge in [-0.05, 0) is 62.9 Å². The third-order valence-electron chi connectivity index (χ3n) is 3.69. The molecule has 0 bridgehead atoms. The van der Waals surface area contributed by atoms with Crippen LogP contribution in [-0.4, -0.2) is 13.2 Å². The number of nitrogens with one attached hydrogen (secondary N) is 1. The standard InChI is InChI=1S/C15H23NO/c1-4-11(2)17-13-8-9-14-12(10-13)6-5-7-15(14)16-3/h8-11,15-16H,4-7H2,1-3H3. The van der Waals surface area contributed by atoms with Crippen LogP contribution in [0.4, 0.5) is 0 Å². The van der Waals surface area contributed by atoms with Crippen LogP contribution in [0.5, 0.6) is 5.75 Å². The maximum atomic E-state index is 5.88. The summed E-state index contributed by atoms with van der Waals surface area (Å²) in [5.74, 6) is 1.02. The quantitative estimate of drug-likeness (QED) is 0.860. The van der Waals surface area contributed by atoms with Crippen LogP contribution in [0.3, 0.4) is 0 Å². The smallest absolute Gasteiger partial charge is 0.119 e. The van der Waals surface area contributed by atoms with Gasteiger partial charge in [-0.25, -0.2) is 0 Å². The molecule has 1 N–H and O–H groups in total. The zero-order chi connectivity index (χ0) is 12.3. The van der Waals surface area contributed by atoms with Gasteiger partial charge in [0.15, 0.2) is 0 Å². The van der Waals surface area contributed by atoms with Crippen LogP contribution in [0.25, 0.3) is 0 Å². The molecule has 0 radical (unpaired) electrons. The summed E-state index contributed by atoms with van der Waals surface area (Å²) in [5.41, 5.74) is 2.91. The molecular formula is C15H23NO. The van der Waals surface area contributed by atoms with E-state index in [0.717, 1.165) is 12.2 Å². The first-order chi connectivity index (χ1) is 8.24. The minimum Gasteiger partial charge on any atom is -0.491 e. The van der Waals surface area contributed by atoms with E-state index in [4.69, 9.17) is 4.74 Å². The second kappa shape index (κ2) is 5.54. The lowest BCUT2D eigenvalue weighted by molar-refractivity contribution is 0.217. The van der Waals surface area contributed by atoms with Crippen LogP contribution in [-0.2, 0) is 6.42 Å². The predicted molar refractivity (Wildman–Crippen MR) is 71.6 cm³/mol. The van der Waals surface area contributed by atoms with Gasteiger partial charge in [-0.3, -0.25) is 0 Å². The zero-order valence-corrected chi connectivity index (χ0v) is 11.1. The van der Waals surface area contributed by atoms with Gasteiger partial charge in [-0.2, -0.15) is 0 Å². The first-order valence-corrected chi connectivity index (χ1v) is 6.71. The van der Waals surface area contributed by atoms with Gasteiger partial charge in [0.25, 0.3) is 0 Å². The molecule has 0 heterocycles. The molecule has 1 aromatic carbocycles. The average Bonchev–Trinajstić information content (AvgIpc) is 2.37. The number of rotatable bonds is 4. The van der Waals surface area contributed by atoms with Gasteiger partial charge in [0, 0.05) is 6.04 Å². The molecule has 1 aliphatic carbocycles. The highest BCUT2D eigenvalue weighted by Crippen LogP contribution is 2.32. The van der Waals surface area contributed by atoms with Crippen LogP contribution >= 0.6 is 0 Å². The maximum Gasteiger partial charge on any atom is 0.119 e. The van der Waals surface area contributed by atoms with Crippen molar-refractivity contribution in [3.05, 3.63) is 29.3 Å². The molecule has 2 heteroatoms. The van der Waals surface area contributed by atoms with Gasteiger partial charge >= 0.3 is 0 Å². The third-order valence-corrected chi connectivity index (χ3v) is 3.69. The van der Waals surface area contributed by atoms with Crippen molar-refractivity contribution >= 4 is 0 Å². The monoisotopic (exact) mass is 233 g/mol. The summed E-state index contributed by atoms with van der Waals surface area (Å²) in [7, 11) is 2.04. The van der Waals surface area contributed by atoms with Gasteiger partial charge < -0.3 is 10.1 Å². The van der Waals surface area contributed by atoms with Crippen molar-refractivity contribution < 1.29 is 4.74 Å². The average molecular weight is 233 g/mol.